The van der Waals surface area contributed by atoms with Gasteiger partial charge in [-0.2, -0.15) is 0 Å². The van der Waals surface area contributed by atoms with E-state index in [1.165, 1.54) is 17.3 Å². The summed E-state index contributed by atoms with van der Waals surface area (Å²) in [5.41, 5.74) is 1.20. The molecule has 0 saturated heterocycles. The molecule has 0 amide bonds. The quantitative estimate of drug-likeness (QED) is 0.423. The monoisotopic (exact) mass is 292 g/mol. The summed E-state index contributed by atoms with van der Waals surface area (Å²) in [5.74, 6) is 2.03. The highest BCUT2D eigenvalue weighted by atomic mass is 32.2. The summed E-state index contributed by atoms with van der Waals surface area (Å²) in [5, 5.41) is 8.33. The number of ether oxygens (including phenoxy) is 1. The van der Waals surface area contributed by atoms with Gasteiger partial charge in [-0.05, 0) is 19.1 Å². The molecule has 0 unspecified atom stereocenters. The van der Waals surface area contributed by atoms with Crippen molar-refractivity contribution in [2.24, 2.45) is 0 Å². The van der Waals surface area contributed by atoms with Crippen LogP contribution in [0.25, 0.3) is 0 Å². The molecule has 0 aliphatic heterocycles. The van der Waals surface area contributed by atoms with Crippen molar-refractivity contribution in [1.82, 2.24) is 10.2 Å². The van der Waals surface area contributed by atoms with Crippen LogP contribution >= 0.6 is 11.8 Å². The zero-order valence-electron chi connectivity index (χ0n) is 11.2. The normalized spacial score (nSPS) is 10.4. The standard InChI is InChI=1S/C14H16N2O3S/c1-11-3-5-12(6-4-11)18-9-7-13-15-16-14(19-13)20-10-2-8-17/h3-6,8H,2,7,9-10H2,1H3. The zero-order chi connectivity index (χ0) is 14.2. The highest BCUT2D eigenvalue weighted by Crippen LogP contribution is 2.17. The molecular weight excluding hydrogens is 276 g/mol. The molecule has 0 saturated carbocycles. The predicted octanol–water partition coefficient (Wildman–Crippen LogP) is 2.68. The van der Waals surface area contributed by atoms with Gasteiger partial charge in [0.15, 0.2) is 0 Å². The molecular formula is C14H16N2O3S. The molecule has 1 aromatic heterocycles. The van der Waals surface area contributed by atoms with Crippen molar-refractivity contribution in [2.45, 2.75) is 25.0 Å². The molecule has 0 aliphatic rings. The van der Waals surface area contributed by atoms with Crippen LogP contribution < -0.4 is 4.74 Å². The first-order valence-electron chi connectivity index (χ1n) is 6.36. The molecule has 0 N–H and O–H groups in total. The van der Waals surface area contributed by atoms with Gasteiger partial charge < -0.3 is 13.9 Å². The van der Waals surface area contributed by atoms with Gasteiger partial charge in [0.05, 0.1) is 13.0 Å². The minimum atomic E-state index is 0.485. The van der Waals surface area contributed by atoms with Crippen molar-refractivity contribution < 1.29 is 13.9 Å². The third kappa shape index (κ3) is 4.70. The fraction of sp³-hybridized carbons (Fsp3) is 0.357. The van der Waals surface area contributed by atoms with Crippen LogP contribution in [0.15, 0.2) is 33.9 Å². The van der Waals surface area contributed by atoms with Crippen molar-refractivity contribution >= 4 is 18.0 Å². The van der Waals surface area contributed by atoms with Gasteiger partial charge in [-0.15, -0.1) is 10.2 Å². The Bertz CT molecular complexity index is 540. The summed E-state index contributed by atoms with van der Waals surface area (Å²) < 4.78 is 11.0. The average Bonchev–Trinajstić information content (AvgIpc) is 2.89. The number of aryl methyl sites for hydroxylation is 1. The maximum atomic E-state index is 10.2. The van der Waals surface area contributed by atoms with Crippen molar-refractivity contribution in [2.75, 3.05) is 12.4 Å². The number of benzene rings is 1. The maximum Gasteiger partial charge on any atom is 0.276 e. The molecule has 0 aliphatic carbocycles. The van der Waals surface area contributed by atoms with E-state index in [-0.39, 0.29) is 0 Å². The summed E-state index contributed by atoms with van der Waals surface area (Å²) in [6, 6.07) is 7.88. The second-order valence-corrected chi connectivity index (χ2v) is 5.22. The lowest BCUT2D eigenvalue weighted by Gasteiger charge is -2.04. The number of thioether (sulfide) groups is 1. The molecule has 5 nitrogen and oxygen atoms in total. The van der Waals surface area contributed by atoms with Crippen LogP contribution in [-0.4, -0.2) is 28.8 Å². The van der Waals surface area contributed by atoms with Crippen LogP contribution in [0.2, 0.25) is 0 Å². The Kier molecular flexibility index (Phi) is 5.61. The first kappa shape index (κ1) is 14.6. The van der Waals surface area contributed by atoms with E-state index >= 15 is 0 Å². The summed E-state index contributed by atoms with van der Waals surface area (Å²) in [4.78, 5) is 10.2. The fourth-order valence-electron chi connectivity index (χ4n) is 1.48. The van der Waals surface area contributed by atoms with E-state index in [9.17, 15) is 4.79 Å². The molecule has 0 radical (unpaired) electrons. The summed E-state index contributed by atoms with van der Waals surface area (Å²) in [7, 11) is 0. The molecule has 2 aromatic rings. The van der Waals surface area contributed by atoms with Gasteiger partial charge in [-0.25, -0.2) is 0 Å². The van der Waals surface area contributed by atoms with Crippen LogP contribution in [0.5, 0.6) is 5.75 Å². The highest BCUT2D eigenvalue weighted by molar-refractivity contribution is 7.99. The van der Waals surface area contributed by atoms with Gasteiger partial charge in [0.2, 0.25) is 5.89 Å². The highest BCUT2D eigenvalue weighted by Gasteiger charge is 2.06. The third-order valence-electron chi connectivity index (χ3n) is 2.52. The van der Waals surface area contributed by atoms with Crippen LogP contribution in [0.1, 0.15) is 17.9 Å². The Morgan fingerprint density at radius 2 is 2.10 bits per heavy atom. The van der Waals surface area contributed by atoms with Crippen molar-refractivity contribution in [3.05, 3.63) is 35.7 Å². The van der Waals surface area contributed by atoms with Gasteiger partial charge >= 0.3 is 0 Å². The van der Waals surface area contributed by atoms with Crippen molar-refractivity contribution in [3.8, 4) is 5.75 Å². The predicted molar refractivity (Wildman–Crippen MR) is 76.1 cm³/mol. The van der Waals surface area contributed by atoms with Crippen LogP contribution in [-0.2, 0) is 11.2 Å². The molecule has 0 spiro atoms. The van der Waals surface area contributed by atoms with Gasteiger partial charge in [0.25, 0.3) is 5.22 Å². The lowest BCUT2D eigenvalue weighted by atomic mass is 10.2. The summed E-state index contributed by atoms with van der Waals surface area (Å²) >= 11 is 1.38. The molecule has 1 heterocycles. The topological polar surface area (TPSA) is 65.2 Å². The minimum Gasteiger partial charge on any atom is -0.493 e. The van der Waals surface area contributed by atoms with Crippen LogP contribution in [0, 0.1) is 6.92 Å². The van der Waals surface area contributed by atoms with E-state index in [1.54, 1.807) is 0 Å². The van der Waals surface area contributed by atoms with Crippen LogP contribution in [0.3, 0.4) is 0 Å². The molecule has 20 heavy (non-hydrogen) atoms. The number of carbonyl (C=O) groups excluding carboxylic acids is 1. The number of rotatable bonds is 8. The number of aromatic nitrogens is 2. The van der Waals surface area contributed by atoms with Crippen LogP contribution in [0.4, 0.5) is 0 Å². The van der Waals surface area contributed by atoms with Crippen molar-refractivity contribution in [1.29, 1.82) is 0 Å². The summed E-state index contributed by atoms with van der Waals surface area (Å²) in [6.45, 7) is 2.52. The van der Waals surface area contributed by atoms with Gasteiger partial charge in [0, 0.05) is 12.2 Å². The first-order valence-corrected chi connectivity index (χ1v) is 7.35. The Labute approximate surface area is 121 Å². The third-order valence-corrected chi connectivity index (χ3v) is 3.37. The summed E-state index contributed by atoms with van der Waals surface area (Å²) in [6.07, 6.45) is 1.92. The molecule has 0 bridgehead atoms. The Morgan fingerprint density at radius 3 is 2.85 bits per heavy atom. The number of nitrogens with zero attached hydrogens (tertiary/aromatic N) is 2. The Balaban J connectivity index is 1.73. The molecule has 6 heteroatoms. The molecule has 2 rings (SSSR count). The number of aldehydes is 1. The Hall–Kier alpha value is -1.82. The van der Waals surface area contributed by atoms with Gasteiger partial charge in [0.1, 0.15) is 12.0 Å². The molecule has 0 fully saturated rings. The SMILES string of the molecule is Cc1ccc(OCCc2nnc(SCCC=O)o2)cc1. The molecule has 1 aromatic carbocycles. The van der Waals surface area contributed by atoms with E-state index in [0.29, 0.717) is 36.3 Å². The first-order chi connectivity index (χ1) is 9.78. The molecule has 0 atom stereocenters. The second-order valence-electron chi connectivity index (χ2n) is 4.18. The Morgan fingerprint density at radius 1 is 1.30 bits per heavy atom. The number of hydrogen-bond acceptors (Lipinski definition) is 6. The number of carbonyl (C=O) groups is 1. The minimum absolute atomic E-state index is 0.485. The smallest absolute Gasteiger partial charge is 0.276 e. The van der Waals surface area contributed by atoms with Crippen molar-refractivity contribution in [3.63, 3.8) is 0 Å². The average molecular weight is 292 g/mol. The van der Waals surface area contributed by atoms with E-state index in [0.717, 1.165) is 12.0 Å². The van der Waals surface area contributed by atoms with E-state index in [4.69, 9.17) is 9.15 Å². The van der Waals surface area contributed by atoms with E-state index in [1.807, 2.05) is 31.2 Å². The zero-order valence-corrected chi connectivity index (χ0v) is 12.1. The number of hydrogen-bond donors (Lipinski definition) is 0. The fourth-order valence-corrected chi connectivity index (χ4v) is 2.12. The molecule has 106 valence electrons. The van der Waals surface area contributed by atoms with Gasteiger partial charge in [-0.3, -0.25) is 0 Å². The lowest BCUT2D eigenvalue weighted by Crippen LogP contribution is -2.01. The van der Waals surface area contributed by atoms with E-state index in [2.05, 4.69) is 10.2 Å². The largest absolute Gasteiger partial charge is 0.493 e. The van der Waals surface area contributed by atoms with Gasteiger partial charge in [-0.1, -0.05) is 29.5 Å². The maximum absolute atomic E-state index is 10.2. The van der Waals surface area contributed by atoms with E-state index < -0.39 is 0 Å². The lowest BCUT2D eigenvalue weighted by molar-refractivity contribution is -0.107. The second kappa shape index (κ2) is 7.69.